The molecule has 3 rings (SSSR count). The molecule has 3 aromatic carbocycles. The number of anilines is 1. The van der Waals surface area contributed by atoms with E-state index in [1.807, 2.05) is 30.3 Å². The van der Waals surface area contributed by atoms with Crippen molar-refractivity contribution in [2.75, 3.05) is 12.4 Å². The van der Waals surface area contributed by atoms with Gasteiger partial charge in [-0.15, -0.1) is 0 Å². The number of rotatable bonds is 8. The number of nitro groups is 1. The second-order valence-corrected chi connectivity index (χ2v) is 8.00. The lowest BCUT2D eigenvalue weighted by atomic mass is 10.1. The zero-order valence-electron chi connectivity index (χ0n) is 17.4. The average molecular weight is 555 g/mol. The molecule has 0 spiro atoms. The van der Waals surface area contributed by atoms with Crippen molar-refractivity contribution >= 4 is 45.9 Å². The van der Waals surface area contributed by atoms with E-state index in [4.69, 9.17) is 9.47 Å². The van der Waals surface area contributed by atoms with Gasteiger partial charge < -0.3 is 14.8 Å². The van der Waals surface area contributed by atoms with E-state index < -0.39 is 10.8 Å². The van der Waals surface area contributed by atoms with Gasteiger partial charge in [-0.05, 0) is 70.1 Å². The molecular formula is C24H18IN3O5. The summed E-state index contributed by atoms with van der Waals surface area (Å²) in [5.41, 5.74) is 1.44. The van der Waals surface area contributed by atoms with E-state index in [2.05, 4.69) is 27.9 Å². The van der Waals surface area contributed by atoms with Crippen LogP contribution in [0.25, 0.3) is 6.08 Å². The van der Waals surface area contributed by atoms with Crippen LogP contribution >= 0.6 is 22.6 Å². The fourth-order valence-electron chi connectivity index (χ4n) is 2.85. The lowest BCUT2D eigenvalue weighted by molar-refractivity contribution is -0.384. The Morgan fingerprint density at radius 3 is 2.58 bits per heavy atom. The van der Waals surface area contributed by atoms with Crippen LogP contribution in [-0.2, 0) is 11.4 Å². The molecular weight excluding hydrogens is 537 g/mol. The van der Waals surface area contributed by atoms with Crippen molar-refractivity contribution in [3.05, 3.63) is 97.1 Å². The first kappa shape index (κ1) is 23.7. The highest BCUT2D eigenvalue weighted by molar-refractivity contribution is 14.1. The first-order chi connectivity index (χ1) is 15.9. The van der Waals surface area contributed by atoms with E-state index in [9.17, 15) is 20.2 Å². The molecule has 0 atom stereocenters. The van der Waals surface area contributed by atoms with E-state index in [0.29, 0.717) is 23.7 Å². The zero-order valence-corrected chi connectivity index (χ0v) is 19.6. The molecule has 0 heterocycles. The fraction of sp³-hybridized carbons (Fsp3) is 0.0833. The lowest BCUT2D eigenvalue weighted by Crippen LogP contribution is -2.13. The Hall–Kier alpha value is -3.91. The highest BCUT2D eigenvalue weighted by Gasteiger charge is 2.13. The maximum absolute atomic E-state index is 12.5. The molecule has 9 heteroatoms. The summed E-state index contributed by atoms with van der Waals surface area (Å²) in [4.78, 5) is 22.8. The largest absolute Gasteiger partial charge is 0.493 e. The molecule has 166 valence electrons. The molecule has 0 aliphatic carbocycles. The van der Waals surface area contributed by atoms with Gasteiger partial charge in [0.15, 0.2) is 11.5 Å². The monoisotopic (exact) mass is 555 g/mol. The Labute approximate surface area is 203 Å². The van der Waals surface area contributed by atoms with Crippen LogP contribution in [0.15, 0.2) is 72.3 Å². The number of benzene rings is 3. The van der Waals surface area contributed by atoms with Crippen molar-refractivity contribution in [1.82, 2.24) is 0 Å². The quantitative estimate of drug-likeness (QED) is 0.132. The van der Waals surface area contributed by atoms with Gasteiger partial charge in [-0.1, -0.05) is 24.3 Å². The number of nitro benzene ring substituents is 1. The summed E-state index contributed by atoms with van der Waals surface area (Å²) in [7, 11) is 1.50. The molecule has 0 aliphatic rings. The summed E-state index contributed by atoms with van der Waals surface area (Å²) >= 11 is 2.23. The molecule has 33 heavy (non-hydrogen) atoms. The topological polar surface area (TPSA) is 114 Å². The third kappa shape index (κ3) is 6.54. The van der Waals surface area contributed by atoms with Gasteiger partial charge in [0.1, 0.15) is 18.2 Å². The second kappa shape index (κ2) is 11.1. The summed E-state index contributed by atoms with van der Waals surface area (Å²) in [6.07, 6.45) is 1.40. The van der Waals surface area contributed by atoms with Gasteiger partial charge in [-0.2, -0.15) is 5.26 Å². The van der Waals surface area contributed by atoms with Gasteiger partial charge in [0.25, 0.3) is 11.6 Å². The van der Waals surface area contributed by atoms with E-state index in [1.165, 1.54) is 37.5 Å². The summed E-state index contributed by atoms with van der Waals surface area (Å²) in [6, 6.07) is 20.3. The number of nitrogens with one attached hydrogen (secondary N) is 1. The maximum atomic E-state index is 12.5. The Kier molecular flexibility index (Phi) is 7.99. The predicted octanol–water partition coefficient (Wildman–Crippen LogP) is 5.33. The SMILES string of the molecule is COc1cc(/C=C(\C#N)C(=O)Nc2cccc([N+](=O)[O-])c2)ccc1OCc1ccc(I)cc1. The zero-order chi connectivity index (χ0) is 23.8. The molecule has 0 saturated heterocycles. The number of halogens is 1. The van der Waals surface area contributed by atoms with Crippen LogP contribution in [0.4, 0.5) is 11.4 Å². The van der Waals surface area contributed by atoms with Crippen LogP contribution in [0.1, 0.15) is 11.1 Å². The van der Waals surface area contributed by atoms with Crippen LogP contribution in [0.3, 0.4) is 0 Å². The van der Waals surface area contributed by atoms with Crippen LogP contribution in [0.5, 0.6) is 11.5 Å². The third-order valence-corrected chi connectivity index (χ3v) is 5.21. The molecule has 8 nitrogen and oxygen atoms in total. The van der Waals surface area contributed by atoms with Crippen molar-refractivity contribution < 1.29 is 19.2 Å². The van der Waals surface area contributed by atoms with E-state index in [-0.39, 0.29) is 16.9 Å². The smallest absolute Gasteiger partial charge is 0.271 e. The minimum absolute atomic E-state index is 0.166. The molecule has 0 unspecified atom stereocenters. The van der Waals surface area contributed by atoms with Gasteiger partial charge in [0.05, 0.1) is 12.0 Å². The molecule has 1 amide bonds. The molecule has 0 saturated carbocycles. The Balaban J connectivity index is 1.75. The molecule has 0 radical (unpaired) electrons. The summed E-state index contributed by atoms with van der Waals surface area (Å²) in [5.74, 6) is 0.286. The first-order valence-electron chi connectivity index (χ1n) is 9.62. The number of nitriles is 1. The standard InChI is InChI=1S/C24H18IN3O5/c1-32-23-12-17(7-10-22(23)33-15-16-5-8-19(25)9-6-16)11-18(14-26)24(29)27-20-3-2-4-21(13-20)28(30)31/h2-13H,15H2,1H3,(H,27,29)/b18-11+. The summed E-state index contributed by atoms with van der Waals surface area (Å²) < 4.78 is 12.4. The lowest BCUT2D eigenvalue weighted by Gasteiger charge is -2.12. The highest BCUT2D eigenvalue weighted by Crippen LogP contribution is 2.30. The van der Waals surface area contributed by atoms with E-state index in [1.54, 1.807) is 18.2 Å². The number of non-ortho nitro benzene ring substituents is 1. The maximum Gasteiger partial charge on any atom is 0.271 e. The molecule has 0 fully saturated rings. The Morgan fingerprint density at radius 2 is 1.91 bits per heavy atom. The first-order valence-corrected chi connectivity index (χ1v) is 10.7. The van der Waals surface area contributed by atoms with Crippen molar-refractivity contribution in [2.24, 2.45) is 0 Å². The molecule has 0 bridgehead atoms. The van der Waals surface area contributed by atoms with E-state index >= 15 is 0 Å². The van der Waals surface area contributed by atoms with Crippen molar-refractivity contribution in [3.8, 4) is 17.6 Å². The van der Waals surface area contributed by atoms with Crippen LogP contribution in [-0.4, -0.2) is 17.9 Å². The van der Waals surface area contributed by atoms with Crippen molar-refractivity contribution in [1.29, 1.82) is 5.26 Å². The minimum Gasteiger partial charge on any atom is -0.493 e. The van der Waals surface area contributed by atoms with Gasteiger partial charge in [0, 0.05) is 21.4 Å². The van der Waals surface area contributed by atoms with Gasteiger partial charge in [-0.3, -0.25) is 14.9 Å². The van der Waals surface area contributed by atoms with Gasteiger partial charge in [-0.25, -0.2) is 0 Å². The predicted molar refractivity (Wildman–Crippen MR) is 132 cm³/mol. The number of hydrogen-bond donors (Lipinski definition) is 1. The number of amides is 1. The molecule has 1 N–H and O–H groups in total. The molecule has 0 aromatic heterocycles. The van der Waals surface area contributed by atoms with Crippen molar-refractivity contribution in [3.63, 3.8) is 0 Å². The Morgan fingerprint density at radius 1 is 1.15 bits per heavy atom. The molecule has 3 aromatic rings. The second-order valence-electron chi connectivity index (χ2n) is 6.76. The minimum atomic E-state index is -0.684. The third-order valence-electron chi connectivity index (χ3n) is 4.49. The number of methoxy groups -OCH3 is 1. The van der Waals surface area contributed by atoms with Crippen molar-refractivity contribution in [2.45, 2.75) is 6.61 Å². The van der Waals surface area contributed by atoms with E-state index in [0.717, 1.165) is 9.13 Å². The molecule has 0 aliphatic heterocycles. The summed E-state index contributed by atoms with van der Waals surface area (Å²) in [6.45, 7) is 0.359. The number of ether oxygens (including phenoxy) is 2. The Bertz CT molecular complexity index is 1250. The van der Waals surface area contributed by atoms with Gasteiger partial charge >= 0.3 is 0 Å². The normalized spacial score (nSPS) is 10.8. The number of carbonyl (C=O) groups excluding carboxylic acids is 1. The highest BCUT2D eigenvalue weighted by atomic mass is 127. The van der Waals surface area contributed by atoms with Crippen LogP contribution < -0.4 is 14.8 Å². The van der Waals surface area contributed by atoms with Crippen LogP contribution in [0.2, 0.25) is 0 Å². The summed E-state index contributed by atoms with van der Waals surface area (Å²) in [5, 5.41) is 22.9. The van der Waals surface area contributed by atoms with Gasteiger partial charge in [0.2, 0.25) is 0 Å². The number of carbonyl (C=O) groups is 1. The number of hydrogen-bond acceptors (Lipinski definition) is 6. The average Bonchev–Trinajstić information content (AvgIpc) is 2.82. The van der Waals surface area contributed by atoms with Crippen LogP contribution in [0, 0.1) is 25.0 Å². The number of nitrogens with zero attached hydrogens (tertiary/aromatic N) is 2. The fourth-order valence-corrected chi connectivity index (χ4v) is 3.21.